The van der Waals surface area contributed by atoms with Gasteiger partial charge in [0.2, 0.25) is 0 Å². The zero-order chi connectivity index (χ0) is 26.4. The second-order valence-corrected chi connectivity index (χ2v) is 8.93. The van der Waals surface area contributed by atoms with Gasteiger partial charge in [-0.15, -0.1) is 0 Å². The van der Waals surface area contributed by atoms with Gasteiger partial charge in [0.05, 0.1) is 5.69 Å². The van der Waals surface area contributed by atoms with E-state index < -0.39 is 40.4 Å². The van der Waals surface area contributed by atoms with Crippen molar-refractivity contribution in [3.05, 3.63) is 77.6 Å². The third-order valence-corrected chi connectivity index (χ3v) is 6.83. The Morgan fingerprint density at radius 3 is 2.46 bits per heavy atom. The van der Waals surface area contributed by atoms with E-state index in [0.29, 0.717) is 19.3 Å². The maximum absolute atomic E-state index is 15.0. The van der Waals surface area contributed by atoms with Crippen LogP contribution in [0.5, 0.6) is 5.75 Å². The number of thiocarbonyl (C=S) groups is 1. The molecule has 2 fully saturated rings. The van der Waals surface area contributed by atoms with Gasteiger partial charge in [-0.2, -0.15) is 18.4 Å². The van der Waals surface area contributed by atoms with Gasteiger partial charge >= 0.3 is 6.18 Å². The van der Waals surface area contributed by atoms with E-state index in [1.165, 1.54) is 23.1 Å². The summed E-state index contributed by atoms with van der Waals surface area (Å²) < 4.78 is 62.5. The molecule has 2 aliphatic rings. The second kappa shape index (κ2) is 9.08. The highest BCUT2D eigenvalue weighted by molar-refractivity contribution is 7.81. The van der Waals surface area contributed by atoms with Gasteiger partial charge in [0, 0.05) is 30.3 Å². The van der Waals surface area contributed by atoms with Gasteiger partial charge in [0.15, 0.2) is 22.4 Å². The Hall–Kier alpha value is -4.11. The molecule has 12 heteroatoms. The first-order valence-electron chi connectivity index (χ1n) is 11.1. The summed E-state index contributed by atoms with van der Waals surface area (Å²) in [5, 5.41) is 8.99. The minimum atomic E-state index is -4.97. The normalized spacial score (nSPS) is 16.6. The van der Waals surface area contributed by atoms with Crippen LogP contribution in [0.4, 0.5) is 28.9 Å². The number of alkyl halides is 3. The summed E-state index contributed by atoms with van der Waals surface area (Å²) in [7, 11) is 0. The zero-order valence-electron chi connectivity index (χ0n) is 19.0. The maximum atomic E-state index is 15.0. The molecular weight excluding hydrogens is 510 g/mol. The molecule has 0 unspecified atom stereocenters. The van der Waals surface area contributed by atoms with Crippen LogP contribution in [-0.2, 0) is 17.6 Å². The molecule has 3 aromatic rings. The van der Waals surface area contributed by atoms with E-state index >= 15 is 4.39 Å². The summed E-state index contributed by atoms with van der Waals surface area (Å²) in [6.45, 7) is 0.0978. The van der Waals surface area contributed by atoms with Crippen LogP contribution in [-0.4, -0.2) is 26.5 Å². The van der Waals surface area contributed by atoms with E-state index in [9.17, 15) is 23.2 Å². The molecule has 5 rings (SSSR count). The molecule has 0 radical (unpaired) electrons. The summed E-state index contributed by atoms with van der Waals surface area (Å²) in [5.41, 5.74) is -3.07. The van der Waals surface area contributed by atoms with Gasteiger partial charge in [-0.25, -0.2) is 9.37 Å². The molecule has 2 aromatic heterocycles. The first-order chi connectivity index (χ1) is 17.7. The molecule has 1 aliphatic carbocycles. The molecule has 1 aromatic carbocycles. The van der Waals surface area contributed by atoms with E-state index in [2.05, 4.69) is 9.97 Å². The minimum absolute atomic E-state index is 0.0383. The molecule has 1 saturated carbocycles. The number of rotatable bonds is 5. The Labute approximate surface area is 213 Å². The third-order valence-electron chi connectivity index (χ3n) is 6.47. The monoisotopic (exact) mass is 527 g/mol. The van der Waals surface area contributed by atoms with Gasteiger partial charge in [-0.3, -0.25) is 14.7 Å². The number of hydrogen-bond donors (Lipinski definition) is 0. The van der Waals surface area contributed by atoms with Crippen LogP contribution in [0.2, 0.25) is 0 Å². The number of amides is 1. The van der Waals surface area contributed by atoms with Crippen molar-refractivity contribution in [1.29, 1.82) is 5.26 Å². The Morgan fingerprint density at radius 2 is 1.86 bits per heavy atom. The number of ether oxygens (including phenoxy) is 1. The van der Waals surface area contributed by atoms with Gasteiger partial charge < -0.3 is 9.64 Å². The number of carbonyl (C=O) groups is 1. The van der Waals surface area contributed by atoms with Crippen LogP contribution in [0.3, 0.4) is 0 Å². The van der Waals surface area contributed by atoms with Crippen LogP contribution in [0.25, 0.3) is 0 Å². The van der Waals surface area contributed by atoms with Crippen LogP contribution in [0.1, 0.15) is 36.1 Å². The van der Waals surface area contributed by atoms with Crippen LogP contribution < -0.4 is 14.5 Å². The summed E-state index contributed by atoms with van der Waals surface area (Å²) in [4.78, 5) is 23.2. The Bertz CT molecular complexity index is 1440. The average molecular weight is 528 g/mol. The second-order valence-electron chi connectivity index (χ2n) is 8.57. The number of carbonyl (C=O) groups excluding carboxylic acids is 1. The highest BCUT2D eigenvalue weighted by atomic mass is 32.1. The van der Waals surface area contributed by atoms with E-state index in [4.69, 9.17) is 17.0 Å². The number of anilines is 2. The summed E-state index contributed by atoms with van der Waals surface area (Å²) in [5.74, 6) is -1.42. The van der Waals surface area contributed by atoms with Crippen LogP contribution >= 0.6 is 12.2 Å². The number of nitrogens with zero attached hydrogens (tertiary/aromatic N) is 5. The zero-order valence-corrected chi connectivity index (χ0v) is 19.8. The predicted octanol–water partition coefficient (Wildman–Crippen LogP) is 5.15. The fourth-order valence-corrected chi connectivity index (χ4v) is 5.04. The van der Waals surface area contributed by atoms with E-state index in [1.807, 2.05) is 0 Å². The lowest BCUT2D eigenvalue weighted by molar-refractivity contribution is -0.137. The average Bonchev–Trinajstić information content (AvgIpc) is 3.09. The topological polar surface area (TPSA) is 82.4 Å². The van der Waals surface area contributed by atoms with Crippen molar-refractivity contribution in [2.75, 3.05) is 9.80 Å². The van der Waals surface area contributed by atoms with Gasteiger partial charge in [0.1, 0.15) is 23.8 Å². The molecular formula is C25H17F4N5O2S. The van der Waals surface area contributed by atoms with Crippen LogP contribution in [0.15, 0.2) is 55.0 Å². The largest absolute Gasteiger partial charge is 0.486 e. The standard InChI is InChI=1S/C25H17F4N5O2S/c26-17-12-16(2-3-20(17)36-14-15-4-9-31-10-5-15)34-23(37)33(22(35)24(34)7-1-8-24)19-6-11-32-18(13-30)21(19)25(27,28)29/h2-6,9-12H,1,7-8,14H2. The quantitative estimate of drug-likeness (QED) is 0.336. The SMILES string of the molecule is N#Cc1nccc(N2C(=O)C3(CCC3)N(c3ccc(OCc4ccncc4)c(F)c3)C2=S)c1C(F)(F)F. The summed E-state index contributed by atoms with van der Waals surface area (Å²) in [6.07, 6.45) is 0.498. The highest BCUT2D eigenvalue weighted by Crippen LogP contribution is 2.50. The van der Waals surface area contributed by atoms with Crippen molar-refractivity contribution >= 4 is 34.6 Å². The lowest BCUT2D eigenvalue weighted by Gasteiger charge is -2.43. The van der Waals surface area contributed by atoms with Gasteiger partial charge in [-0.05, 0) is 67.4 Å². The summed E-state index contributed by atoms with van der Waals surface area (Å²) >= 11 is 5.51. The van der Waals surface area contributed by atoms with Crippen molar-refractivity contribution in [3.8, 4) is 11.8 Å². The van der Waals surface area contributed by atoms with Crippen molar-refractivity contribution < 1.29 is 27.1 Å². The van der Waals surface area contributed by atoms with Crippen molar-refractivity contribution in [2.24, 2.45) is 0 Å². The lowest BCUT2D eigenvalue weighted by Crippen LogP contribution is -2.55. The fraction of sp³-hybridized carbons (Fsp3) is 0.240. The lowest BCUT2D eigenvalue weighted by atomic mass is 9.75. The molecule has 1 saturated heterocycles. The highest BCUT2D eigenvalue weighted by Gasteiger charge is 2.60. The van der Waals surface area contributed by atoms with E-state index in [0.717, 1.165) is 28.8 Å². The Kier molecular flexibility index (Phi) is 6.03. The molecule has 7 nitrogen and oxygen atoms in total. The Balaban J connectivity index is 1.51. The van der Waals surface area contributed by atoms with Crippen molar-refractivity contribution in [1.82, 2.24) is 9.97 Å². The smallest absolute Gasteiger partial charge is 0.421 e. The third kappa shape index (κ3) is 4.05. The van der Waals surface area contributed by atoms with Gasteiger partial charge in [0.25, 0.3) is 5.91 Å². The first-order valence-corrected chi connectivity index (χ1v) is 11.5. The molecule has 1 amide bonds. The number of aromatic nitrogens is 2. The number of pyridine rings is 2. The molecule has 1 aliphatic heterocycles. The van der Waals surface area contributed by atoms with Crippen molar-refractivity contribution in [2.45, 2.75) is 37.6 Å². The number of benzene rings is 1. The maximum Gasteiger partial charge on any atom is 0.421 e. The van der Waals surface area contributed by atoms with Crippen LogP contribution in [0, 0.1) is 17.1 Å². The van der Waals surface area contributed by atoms with E-state index in [-0.39, 0.29) is 23.2 Å². The fourth-order valence-electron chi connectivity index (χ4n) is 4.58. The first kappa shape index (κ1) is 24.6. The number of halogens is 4. The number of hydrogen-bond acceptors (Lipinski definition) is 6. The molecule has 3 heterocycles. The molecule has 0 atom stereocenters. The molecule has 0 N–H and O–H groups in total. The number of nitriles is 1. The van der Waals surface area contributed by atoms with Crippen molar-refractivity contribution in [3.63, 3.8) is 0 Å². The molecule has 0 bridgehead atoms. The van der Waals surface area contributed by atoms with E-state index in [1.54, 1.807) is 24.5 Å². The molecule has 37 heavy (non-hydrogen) atoms. The Morgan fingerprint density at radius 1 is 1.14 bits per heavy atom. The predicted molar refractivity (Wildman–Crippen MR) is 128 cm³/mol. The molecule has 188 valence electrons. The van der Waals surface area contributed by atoms with Gasteiger partial charge in [-0.1, -0.05) is 0 Å². The minimum Gasteiger partial charge on any atom is -0.486 e. The summed E-state index contributed by atoms with van der Waals surface area (Å²) in [6, 6.07) is 9.91. The molecule has 1 spiro atoms.